The second kappa shape index (κ2) is 12.4. The molecule has 2 aromatic carbocycles. The molecule has 0 atom stereocenters. The first-order chi connectivity index (χ1) is 13.7. The van der Waals surface area contributed by atoms with Gasteiger partial charge in [-0.15, -0.1) is 24.8 Å². The number of hydrogen-bond acceptors (Lipinski definition) is 4. The number of nitrogens with zero attached hydrogens (tertiary/aromatic N) is 2. The predicted molar refractivity (Wildman–Crippen MR) is 133 cm³/mol. The molecule has 0 amide bonds. The predicted octanol–water partition coefficient (Wildman–Crippen LogP) is 5.47. The van der Waals surface area contributed by atoms with E-state index in [0.29, 0.717) is 6.61 Å². The summed E-state index contributed by atoms with van der Waals surface area (Å²) in [5, 5.41) is 9.79. The molecule has 2 aliphatic heterocycles. The highest BCUT2D eigenvalue weighted by atomic mass is 35.5. The van der Waals surface area contributed by atoms with Crippen LogP contribution in [0.3, 0.4) is 0 Å². The van der Waals surface area contributed by atoms with Crippen molar-refractivity contribution in [3.63, 3.8) is 0 Å². The normalized spacial score (nSPS) is 17.6. The van der Waals surface area contributed by atoms with Gasteiger partial charge in [0.2, 0.25) is 0 Å². The van der Waals surface area contributed by atoms with Gasteiger partial charge in [-0.1, -0.05) is 47.6 Å². The van der Waals surface area contributed by atoms with E-state index in [1.807, 2.05) is 17.8 Å². The highest BCUT2D eigenvalue weighted by Crippen LogP contribution is 2.46. The van der Waals surface area contributed by atoms with Crippen molar-refractivity contribution in [1.29, 1.82) is 0 Å². The Morgan fingerprint density at radius 1 is 0.900 bits per heavy atom. The maximum Gasteiger partial charge on any atom is 0.0443 e. The lowest BCUT2D eigenvalue weighted by Crippen LogP contribution is -2.46. The molecule has 2 heterocycles. The zero-order chi connectivity index (χ0) is 19.3. The van der Waals surface area contributed by atoms with Gasteiger partial charge in [-0.05, 0) is 53.8 Å². The molecule has 7 heteroatoms. The molecule has 3 nitrogen and oxygen atoms in total. The van der Waals surface area contributed by atoms with Crippen LogP contribution in [0.25, 0.3) is 5.57 Å². The van der Waals surface area contributed by atoms with E-state index in [2.05, 4.69) is 52.3 Å². The van der Waals surface area contributed by atoms with E-state index in [9.17, 15) is 0 Å². The number of hydrogen-bond donors (Lipinski definition) is 1. The highest BCUT2D eigenvalue weighted by molar-refractivity contribution is 7.99. The third-order valence-corrected chi connectivity index (χ3v) is 6.91. The molecule has 0 unspecified atom stereocenters. The second-order valence-electron chi connectivity index (χ2n) is 7.41. The maximum absolute atomic E-state index is 8.99. The van der Waals surface area contributed by atoms with Crippen LogP contribution in [-0.2, 0) is 0 Å². The van der Waals surface area contributed by atoms with E-state index in [1.165, 1.54) is 26.5 Å². The van der Waals surface area contributed by atoms with Crippen LogP contribution >= 0.6 is 48.2 Å². The quantitative estimate of drug-likeness (QED) is 0.499. The zero-order valence-corrected chi connectivity index (χ0v) is 20.1. The molecule has 4 rings (SSSR count). The van der Waals surface area contributed by atoms with E-state index in [1.54, 1.807) is 0 Å². The van der Waals surface area contributed by atoms with E-state index in [0.717, 1.165) is 57.1 Å². The fourth-order valence-corrected chi connectivity index (χ4v) is 5.24. The van der Waals surface area contributed by atoms with Crippen LogP contribution in [0.15, 0.2) is 58.3 Å². The van der Waals surface area contributed by atoms with Crippen LogP contribution < -0.4 is 0 Å². The molecule has 0 radical (unpaired) electrons. The van der Waals surface area contributed by atoms with Crippen molar-refractivity contribution in [3.05, 3.63) is 64.7 Å². The molecule has 2 aliphatic rings. The lowest BCUT2D eigenvalue weighted by Gasteiger charge is -2.34. The van der Waals surface area contributed by atoms with E-state index < -0.39 is 0 Å². The van der Waals surface area contributed by atoms with Crippen LogP contribution in [0.1, 0.15) is 24.0 Å². The number of rotatable bonds is 6. The van der Waals surface area contributed by atoms with Crippen molar-refractivity contribution in [1.82, 2.24) is 9.80 Å². The average Bonchev–Trinajstić information content (AvgIpc) is 2.73. The molecule has 1 N–H and O–H groups in total. The summed E-state index contributed by atoms with van der Waals surface area (Å²) in [6, 6.07) is 14.9. The number of aliphatic hydroxyl groups excluding tert-OH is 1. The van der Waals surface area contributed by atoms with Gasteiger partial charge in [0.25, 0.3) is 0 Å². The minimum absolute atomic E-state index is 0. The summed E-state index contributed by atoms with van der Waals surface area (Å²) < 4.78 is 0. The maximum atomic E-state index is 8.99. The Bertz CT molecular complexity index is 854. The summed E-state index contributed by atoms with van der Waals surface area (Å²) >= 11 is 8.14. The van der Waals surface area contributed by atoms with Crippen LogP contribution in [-0.4, -0.2) is 60.8 Å². The summed E-state index contributed by atoms with van der Waals surface area (Å²) in [6.07, 6.45) is 4.31. The Morgan fingerprint density at radius 2 is 1.57 bits per heavy atom. The summed E-state index contributed by atoms with van der Waals surface area (Å²) in [5.74, 6) is 0. The first-order valence-corrected chi connectivity index (χ1v) is 11.3. The van der Waals surface area contributed by atoms with Crippen molar-refractivity contribution in [3.8, 4) is 0 Å². The molecule has 0 aromatic heterocycles. The molecule has 0 saturated carbocycles. The number of piperazine rings is 1. The smallest absolute Gasteiger partial charge is 0.0443 e. The monoisotopic (exact) mass is 486 g/mol. The van der Waals surface area contributed by atoms with Crippen molar-refractivity contribution >= 4 is 53.7 Å². The minimum Gasteiger partial charge on any atom is -0.396 e. The fraction of sp³-hybridized carbons (Fsp3) is 0.391. The van der Waals surface area contributed by atoms with Crippen LogP contribution in [0.4, 0.5) is 0 Å². The summed E-state index contributed by atoms with van der Waals surface area (Å²) in [5.41, 5.74) is 3.88. The number of benzene rings is 2. The molecule has 164 valence electrons. The van der Waals surface area contributed by atoms with Gasteiger partial charge >= 0.3 is 0 Å². The average molecular weight is 488 g/mol. The highest BCUT2D eigenvalue weighted by Gasteiger charge is 2.21. The molecule has 0 aliphatic carbocycles. The second-order valence-corrected chi connectivity index (χ2v) is 8.93. The SMILES string of the molecule is Cl.Cl.OCCCN1CCN(CC/C=C2/c3ccccc3Sc3ccc(Cl)cc32)CC1. The minimum atomic E-state index is 0. The zero-order valence-electron chi connectivity index (χ0n) is 16.9. The van der Waals surface area contributed by atoms with Crippen LogP contribution in [0, 0.1) is 0 Å². The third-order valence-electron chi connectivity index (χ3n) is 5.52. The largest absolute Gasteiger partial charge is 0.396 e. The lowest BCUT2D eigenvalue weighted by atomic mass is 9.96. The Morgan fingerprint density at radius 3 is 2.30 bits per heavy atom. The summed E-state index contributed by atoms with van der Waals surface area (Å²) in [7, 11) is 0. The standard InChI is InChI=1S/C23H27ClN2OS.2ClH/c24-18-8-9-23-21(17-18)19(20-5-1-2-7-22(20)28-23)6-3-10-25-12-14-26(15-13-25)11-4-16-27;;/h1-2,5-9,17,27H,3-4,10-16H2;2*1H/b19-6-;;. The first kappa shape index (κ1) is 25.5. The van der Waals surface area contributed by atoms with E-state index >= 15 is 0 Å². The van der Waals surface area contributed by atoms with Gasteiger partial charge in [-0.3, -0.25) is 0 Å². The number of fused-ring (bicyclic) bond motifs is 2. The van der Waals surface area contributed by atoms with Crippen molar-refractivity contribution in [2.75, 3.05) is 45.9 Å². The Hall–Kier alpha value is -0.720. The van der Waals surface area contributed by atoms with E-state index in [4.69, 9.17) is 16.7 Å². The van der Waals surface area contributed by atoms with Gasteiger partial charge in [0, 0.05) is 60.7 Å². The Balaban J connectivity index is 0.00000160. The molecular formula is C23H29Cl3N2OS. The molecular weight excluding hydrogens is 459 g/mol. The molecule has 1 fully saturated rings. The van der Waals surface area contributed by atoms with Gasteiger partial charge in [0.1, 0.15) is 0 Å². The first-order valence-electron chi connectivity index (χ1n) is 10.1. The van der Waals surface area contributed by atoms with Gasteiger partial charge in [-0.2, -0.15) is 0 Å². The Labute approximate surface area is 201 Å². The molecule has 0 bridgehead atoms. The van der Waals surface area contributed by atoms with Gasteiger partial charge < -0.3 is 14.9 Å². The molecule has 1 saturated heterocycles. The number of halogens is 3. The van der Waals surface area contributed by atoms with Gasteiger partial charge in [-0.25, -0.2) is 0 Å². The fourth-order valence-electron chi connectivity index (χ4n) is 3.99. The topological polar surface area (TPSA) is 26.7 Å². The van der Waals surface area contributed by atoms with Crippen LogP contribution in [0.2, 0.25) is 5.02 Å². The van der Waals surface area contributed by atoms with Crippen molar-refractivity contribution in [2.45, 2.75) is 22.6 Å². The van der Waals surface area contributed by atoms with Crippen molar-refractivity contribution < 1.29 is 5.11 Å². The lowest BCUT2D eigenvalue weighted by molar-refractivity contribution is 0.126. The van der Waals surface area contributed by atoms with E-state index in [-0.39, 0.29) is 24.8 Å². The summed E-state index contributed by atoms with van der Waals surface area (Å²) in [6.45, 7) is 6.83. The van der Waals surface area contributed by atoms with Gasteiger partial charge in [0.05, 0.1) is 0 Å². The molecule has 0 spiro atoms. The third kappa shape index (κ3) is 6.17. The van der Waals surface area contributed by atoms with Crippen LogP contribution in [0.5, 0.6) is 0 Å². The molecule has 30 heavy (non-hydrogen) atoms. The molecule has 2 aromatic rings. The van der Waals surface area contributed by atoms with Crippen molar-refractivity contribution in [2.24, 2.45) is 0 Å². The number of aliphatic hydroxyl groups is 1. The summed E-state index contributed by atoms with van der Waals surface area (Å²) in [4.78, 5) is 7.61. The Kier molecular flexibility index (Phi) is 10.5. The van der Waals surface area contributed by atoms with Gasteiger partial charge in [0.15, 0.2) is 0 Å².